The summed E-state index contributed by atoms with van der Waals surface area (Å²) in [4.78, 5) is 0. The van der Waals surface area contributed by atoms with Crippen LogP contribution < -0.4 is 34.7 Å². The van der Waals surface area contributed by atoms with E-state index in [1.807, 2.05) is 6.07 Å². The first kappa shape index (κ1) is 16.0. The van der Waals surface area contributed by atoms with Crippen LogP contribution in [-0.2, 0) is 29.3 Å². The Morgan fingerprint density at radius 3 is 2.73 bits per heavy atom. The summed E-state index contributed by atoms with van der Waals surface area (Å²) in [6.07, 6.45) is 8.15. The summed E-state index contributed by atoms with van der Waals surface area (Å²) in [6, 6.07) is 5.67. The van der Waals surface area contributed by atoms with Crippen LogP contribution in [0.5, 0.6) is 0 Å². The Labute approximate surface area is 153 Å². The van der Waals surface area contributed by atoms with Crippen molar-refractivity contribution in [3.63, 3.8) is 0 Å². The molecule has 2 aliphatic rings. The number of rotatable bonds is 1. The van der Waals surface area contributed by atoms with E-state index < -0.39 is 10.0 Å². The Kier molecular flexibility index (Phi) is 4.12. The Morgan fingerprint density at radius 2 is 1.95 bits per heavy atom. The van der Waals surface area contributed by atoms with E-state index in [2.05, 4.69) is 18.2 Å². The molecule has 0 aliphatic heterocycles. The van der Waals surface area contributed by atoms with E-state index in [-0.39, 0.29) is 36.1 Å². The van der Waals surface area contributed by atoms with E-state index in [4.69, 9.17) is 9.56 Å². The van der Waals surface area contributed by atoms with Crippen LogP contribution in [0.15, 0.2) is 33.8 Å². The second-order valence-electron chi connectivity index (χ2n) is 5.57. The molecule has 1 aromatic carbocycles. The minimum absolute atomic E-state index is 0. The molecule has 4 rings (SSSR count). The molecule has 0 radical (unpaired) electrons. The maximum absolute atomic E-state index is 11.5. The summed E-state index contributed by atoms with van der Waals surface area (Å²) < 4.78 is 28.5. The summed E-state index contributed by atoms with van der Waals surface area (Å²) in [5.74, 6) is 0.664. The quantitative estimate of drug-likeness (QED) is 0.736. The van der Waals surface area contributed by atoms with Gasteiger partial charge in [0.2, 0.25) is 5.09 Å². The zero-order valence-electron chi connectivity index (χ0n) is 13.4. The fourth-order valence-electron chi connectivity index (χ4n) is 3.32. The monoisotopic (exact) mass is 325 g/mol. The smallest absolute Gasteiger partial charge is 1.00 e. The molecule has 1 aromatic heterocycles. The van der Waals surface area contributed by atoms with E-state index in [0.717, 1.165) is 36.8 Å². The minimum Gasteiger partial charge on any atom is -1.00 e. The van der Waals surface area contributed by atoms with Crippen LogP contribution in [-0.4, -0.2) is 8.42 Å². The van der Waals surface area contributed by atoms with Crippen molar-refractivity contribution in [1.29, 1.82) is 0 Å². The number of benzene rings is 1. The summed E-state index contributed by atoms with van der Waals surface area (Å²) in [6.45, 7) is 0. The zero-order chi connectivity index (χ0) is 14.6. The van der Waals surface area contributed by atoms with Crippen molar-refractivity contribution in [2.24, 2.45) is 5.14 Å². The number of hydrogen-bond acceptors (Lipinski definition) is 3. The third kappa shape index (κ3) is 2.51. The molecule has 0 saturated carbocycles. The zero-order valence-corrected chi connectivity index (χ0v) is 15.2. The van der Waals surface area contributed by atoms with Gasteiger partial charge in [-0.05, 0) is 42.4 Å². The third-order valence-corrected chi connectivity index (χ3v) is 5.04. The van der Waals surface area contributed by atoms with Gasteiger partial charge in [0.05, 0.1) is 0 Å². The van der Waals surface area contributed by atoms with Gasteiger partial charge < -0.3 is 5.84 Å². The number of hydrogen-bond donors (Lipinski definition) is 1. The van der Waals surface area contributed by atoms with Crippen molar-refractivity contribution in [1.82, 2.24) is 0 Å². The number of allylic oxidation sites excluding steroid dienone is 1. The molecule has 2 N–H and O–H groups in total. The van der Waals surface area contributed by atoms with Crippen LogP contribution in [0.1, 0.15) is 30.1 Å². The molecule has 0 amide bonds. The molecule has 6 heteroatoms. The second-order valence-corrected chi connectivity index (χ2v) is 7.06. The van der Waals surface area contributed by atoms with Gasteiger partial charge in [-0.2, -0.15) is 0 Å². The average molecular weight is 325 g/mol. The first-order valence-electron chi connectivity index (χ1n) is 7.01. The number of nitrogens with two attached hydrogens (primary N) is 1. The normalized spacial score (nSPS) is 15.5. The Hall–Kier alpha value is -0.850. The first-order valence-corrected chi connectivity index (χ1v) is 8.56. The SMILES string of the molecule is NS(=O)(=O)c1cc2c(o1)-c1ccc3c(c1CC2)CCC=C3.[H-].[Na+]. The number of furan rings is 1. The molecule has 4 nitrogen and oxygen atoms in total. The van der Waals surface area contributed by atoms with Crippen LogP contribution in [0.2, 0.25) is 0 Å². The van der Waals surface area contributed by atoms with Crippen molar-refractivity contribution in [2.75, 3.05) is 0 Å². The fourth-order valence-corrected chi connectivity index (χ4v) is 3.82. The summed E-state index contributed by atoms with van der Waals surface area (Å²) in [5.41, 5.74) is 5.87. The molecular weight excluding hydrogens is 309 g/mol. The maximum atomic E-state index is 11.5. The summed E-state index contributed by atoms with van der Waals surface area (Å²) in [7, 11) is -3.79. The number of aryl methyl sites for hydroxylation is 1. The molecule has 0 fully saturated rings. The molecule has 0 unspecified atom stereocenters. The van der Waals surface area contributed by atoms with Crippen molar-refractivity contribution in [3.8, 4) is 11.3 Å². The molecule has 0 spiro atoms. The predicted octanol–water partition coefficient (Wildman–Crippen LogP) is -0.231. The van der Waals surface area contributed by atoms with Crippen LogP contribution in [0.3, 0.4) is 0 Å². The summed E-state index contributed by atoms with van der Waals surface area (Å²) >= 11 is 0. The predicted molar refractivity (Wildman–Crippen MR) is 81.4 cm³/mol. The van der Waals surface area contributed by atoms with Gasteiger partial charge >= 0.3 is 29.6 Å². The Balaban J connectivity index is 0.000000960. The van der Waals surface area contributed by atoms with Crippen LogP contribution in [0.4, 0.5) is 0 Å². The Morgan fingerprint density at radius 1 is 1.14 bits per heavy atom. The van der Waals surface area contributed by atoms with Crippen LogP contribution in [0.25, 0.3) is 17.4 Å². The van der Waals surface area contributed by atoms with E-state index in [1.165, 1.54) is 16.7 Å². The van der Waals surface area contributed by atoms with Gasteiger partial charge in [-0.3, -0.25) is 0 Å². The molecule has 1 heterocycles. The second kappa shape index (κ2) is 5.65. The van der Waals surface area contributed by atoms with E-state index >= 15 is 0 Å². The van der Waals surface area contributed by atoms with Crippen molar-refractivity contribution < 1.29 is 43.8 Å². The largest absolute Gasteiger partial charge is 1.00 e. The molecular formula is C16H16NNaO3S. The van der Waals surface area contributed by atoms with E-state index in [0.29, 0.717) is 5.76 Å². The molecule has 22 heavy (non-hydrogen) atoms. The topological polar surface area (TPSA) is 73.3 Å². The number of fused-ring (bicyclic) bond motifs is 5. The van der Waals surface area contributed by atoms with Gasteiger partial charge in [0, 0.05) is 17.2 Å². The van der Waals surface area contributed by atoms with Gasteiger partial charge in [-0.1, -0.05) is 24.3 Å². The molecule has 0 bridgehead atoms. The van der Waals surface area contributed by atoms with Crippen molar-refractivity contribution in [2.45, 2.75) is 30.8 Å². The van der Waals surface area contributed by atoms with Gasteiger partial charge in [0.1, 0.15) is 5.76 Å². The van der Waals surface area contributed by atoms with E-state index in [1.54, 1.807) is 6.07 Å². The number of sulfonamides is 1. The van der Waals surface area contributed by atoms with E-state index in [9.17, 15) is 8.42 Å². The molecule has 2 aromatic rings. The Bertz CT molecular complexity index is 887. The minimum atomic E-state index is -3.79. The van der Waals surface area contributed by atoms with Gasteiger partial charge in [-0.15, -0.1) is 0 Å². The fraction of sp³-hybridized carbons (Fsp3) is 0.250. The van der Waals surface area contributed by atoms with Crippen LogP contribution in [0, 0.1) is 0 Å². The van der Waals surface area contributed by atoms with Crippen molar-refractivity contribution >= 4 is 16.1 Å². The van der Waals surface area contributed by atoms with Crippen LogP contribution >= 0.6 is 0 Å². The van der Waals surface area contributed by atoms with Crippen molar-refractivity contribution in [3.05, 3.63) is 46.5 Å². The third-order valence-electron chi connectivity index (χ3n) is 4.28. The van der Waals surface area contributed by atoms with Gasteiger partial charge in [-0.25, -0.2) is 13.6 Å². The molecule has 110 valence electrons. The molecule has 2 aliphatic carbocycles. The maximum Gasteiger partial charge on any atom is 1.00 e. The average Bonchev–Trinajstić information content (AvgIpc) is 2.91. The van der Waals surface area contributed by atoms with Gasteiger partial charge in [0.15, 0.2) is 0 Å². The van der Waals surface area contributed by atoms with Gasteiger partial charge in [0.25, 0.3) is 10.0 Å². The summed E-state index contributed by atoms with van der Waals surface area (Å²) in [5, 5.41) is 5.03. The standard InChI is InChI=1S/C16H15NO3S.Na.H/c17-21(18,19)15-9-11-6-7-13-12-4-2-1-3-10(12)5-8-14(13)16(11)20-15;;/h1,3,5,8-9H,2,4,6-7H2,(H2,17,18,19);;/q;+1;-1. The molecule has 0 atom stereocenters. The number of primary sulfonamides is 1. The first-order chi connectivity index (χ1) is 10.0. The molecule has 0 saturated heterocycles.